The molecule has 19 heavy (non-hydrogen) atoms. The predicted molar refractivity (Wildman–Crippen MR) is 73.3 cm³/mol. The van der Waals surface area contributed by atoms with Crippen LogP contribution in [0.3, 0.4) is 0 Å². The lowest BCUT2D eigenvalue weighted by atomic mass is 10.1. The minimum Gasteiger partial charge on any atom is -0.465 e. The highest BCUT2D eigenvalue weighted by Gasteiger charge is 2.18. The van der Waals surface area contributed by atoms with E-state index in [1.807, 2.05) is 0 Å². The van der Waals surface area contributed by atoms with Crippen molar-refractivity contribution in [2.75, 3.05) is 22.9 Å². The third kappa shape index (κ3) is 3.15. The Balaban J connectivity index is 3.27. The van der Waals surface area contributed by atoms with Crippen molar-refractivity contribution < 1.29 is 19.8 Å². The molecule has 0 aliphatic carbocycles. The van der Waals surface area contributed by atoms with E-state index >= 15 is 0 Å². The van der Waals surface area contributed by atoms with Crippen LogP contribution in [0.5, 0.6) is 0 Å². The molecule has 0 unspecified atom stereocenters. The van der Waals surface area contributed by atoms with E-state index in [0.717, 1.165) is 5.56 Å². The minimum atomic E-state index is -1.06. The lowest BCUT2D eigenvalue weighted by molar-refractivity contribution is 0.201. The highest BCUT2D eigenvalue weighted by atomic mass is 16.4. The van der Waals surface area contributed by atoms with Gasteiger partial charge in [0.15, 0.2) is 0 Å². The molecular formula is C13H18N2O4. The summed E-state index contributed by atoms with van der Waals surface area (Å²) in [7, 11) is 0. The number of amides is 2. The van der Waals surface area contributed by atoms with E-state index in [1.165, 1.54) is 9.80 Å². The molecule has 0 atom stereocenters. The summed E-state index contributed by atoms with van der Waals surface area (Å²) in [5.41, 5.74) is 1.76. The van der Waals surface area contributed by atoms with Crippen molar-refractivity contribution in [3.8, 4) is 0 Å². The van der Waals surface area contributed by atoms with Crippen molar-refractivity contribution in [3.63, 3.8) is 0 Å². The number of nitrogens with zero attached hydrogens (tertiary/aromatic N) is 2. The Hall–Kier alpha value is -2.24. The minimum absolute atomic E-state index is 0.303. The molecule has 6 heteroatoms. The molecule has 6 nitrogen and oxygen atoms in total. The van der Waals surface area contributed by atoms with Gasteiger partial charge in [0.1, 0.15) is 0 Å². The monoisotopic (exact) mass is 266 g/mol. The van der Waals surface area contributed by atoms with Crippen LogP contribution in [0.2, 0.25) is 0 Å². The van der Waals surface area contributed by atoms with Gasteiger partial charge in [-0.15, -0.1) is 0 Å². The highest BCUT2D eigenvalue weighted by Crippen LogP contribution is 2.26. The van der Waals surface area contributed by atoms with Gasteiger partial charge in [-0.1, -0.05) is 6.07 Å². The van der Waals surface area contributed by atoms with Crippen molar-refractivity contribution in [1.82, 2.24) is 0 Å². The molecule has 0 heterocycles. The van der Waals surface area contributed by atoms with Gasteiger partial charge in [0.2, 0.25) is 0 Å². The number of benzene rings is 1. The molecule has 104 valence electrons. The van der Waals surface area contributed by atoms with Crippen LogP contribution >= 0.6 is 0 Å². The Labute approximate surface area is 111 Å². The number of rotatable bonds is 4. The number of carbonyl (C=O) groups is 2. The normalized spacial score (nSPS) is 10.1. The summed E-state index contributed by atoms with van der Waals surface area (Å²) < 4.78 is 0. The van der Waals surface area contributed by atoms with Crippen LogP contribution in [0, 0.1) is 6.92 Å². The molecule has 0 aliphatic heterocycles. The van der Waals surface area contributed by atoms with E-state index in [4.69, 9.17) is 10.2 Å². The second-order valence-corrected chi connectivity index (χ2v) is 4.02. The van der Waals surface area contributed by atoms with Crippen molar-refractivity contribution in [3.05, 3.63) is 23.8 Å². The molecule has 1 rings (SSSR count). The van der Waals surface area contributed by atoms with E-state index in [-0.39, 0.29) is 0 Å². The molecule has 0 saturated carbocycles. The van der Waals surface area contributed by atoms with Gasteiger partial charge in [0.25, 0.3) is 0 Å². The van der Waals surface area contributed by atoms with Crippen molar-refractivity contribution in [1.29, 1.82) is 0 Å². The summed E-state index contributed by atoms with van der Waals surface area (Å²) in [5.74, 6) is 0. The molecule has 0 fully saturated rings. The molecule has 2 amide bonds. The zero-order valence-corrected chi connectivity index (χ0v) is 11.3. The van der Waals surface area contributed by atoms with Crippen LogP contribution in [-0.4, -0.2) is 35.5 Å². The second-order valence-electron chi connectivity index (χ2n) is 4.02. The Morgan fingerprint density at radius 1 is 1.05 bits per heavy atom. The van der Waals surface area contributed by atoms with Gasteiger partial charge in [-0.05, 0) is 38.5 Å². The average Bonchev–Trinajstić information content (AvgIpc) is 2.33. The number of anilines is 2. The summed E-state index contributed by atoms with van der Waals surface area (Å²) in [6.07, 6.45) is -2.11. The lowest BCUT2D eigenvalue weighted by Gasteiger charge is -2.23. The zero-order valence-electron chi connectivity index (χ0n) is 11.3. The largest absolute Gasteiger partial charge is 0.465 e. The molecule has 0 aromatic heterocycles. The Morgan fingerprint density at radius 3 is 2.00 bits per heavy atom. The first-order chi connectivity index (χ1) is 8.92. The zero-order chi connectivity index (χ0) is 14.6. The molecule has 1 aromatic rings. The Bertz CT molecular complexity index is 488. The van der Waals surface area contributed by atoms with Crippen molar-refractivity contribution >= 4 is 23.6 Å². The van der Waals surface area contributed by atoms with Gasteiger partial charge >= 0.3 is 12.2 Å². The van der Waals surface area contributed by atoms with E-state index in [1.54, 1.807) is 39.0 Å². The fourth-order valence-electron chi connectivity index (χ4n) is 1.89. The lowest BCUT2D eigenvalue weighted by Crippen LogP contribution is -2.31. The molecular weight excluding hydrogens is 248 g/mol. The number of carboxylic acid groups (broad SMARTS) is 2. The van der Waals surface area contributed by atoms with E-state index in [0.29, 0.717) is 24.5 Å². The molecule has 1 aromatic carbocycles. The second kappa shape index (κ2) is 6.08. The van der Waals surface area contributed by atoms with Crippen LogP contribution in [0.1, 0.15) is 19.4 Å². The maximum atomic E-state index is 11.2. The van der Waals surface area contributed by atoms with Crippen LogP contribution in [0.25, 0.3) is 0 Å². The van der Waals surface area contributed by atoms with E-state index in [9.17, 15) is 9.59 Å². The third-order valence-electron chi connectivity index (χ3n) is 2.89. The smallest absolute Gasteiger partial charge is 0.411 e. The molecule has 0 saturated heterocycles. The first-order valence-corrected chi connectivity index (χ1v) is 6.03. The molecule has 0 bridgehead atoms. The quantitative estimate of drug-likeness (QED) is 0.877. The van der Waals surface area contributed by atoms with Gasteiger partial charge in [-0.3, -0.25) is 9.80 Å². The maximum absolute atomic E-state index is 11.2. The maximum Gasteiger partial charge on any atom is 0.411 e. The van der Waals surface area contributed by atoms with E-state index in [2.05, 4.69) is 0 Å². The third-order valence-corrected chi connectivity index (χ3v) is 2.89. The van der Waals surface area contributed by atoms with Gasteiger partial charge < -0.3 is 10.2 Å². The van der Waals surface area contributed by atoms with Crippen LogP contribution < -0.4 is 9.80 Å². The average molecular weight is 266 g/mol. The predicted octanol–water partition coefficient (Wildman–Crippen LogP) is 3.00. The highest BCUT2D eigenvalue weighted by molar-refractivity contribution is 5.91. The van der Waals surface area contributed by atoms with Crippen LogP contribution in [0.15, 0.2) is 18.2 Å². The standard InChI is InChI=1S/C13H18N2O4/c1-4-14(12(16)17)10-7-6-9(3)11(8-10)15(5-2)13(18)19/h6-8H,4-5H2,1-3H3,(H,16,17)(H,18,19). The number of aryl methyl sites for hydroxylation is 1. The fourth-order valence-corrected chi connectivity index (χ4v) is 1.89. The number of hydrogen-bond donors (Lipinski definition) is 2. The van der Waals surface area contributed by atoms with Crippen LogP contribution in [-0.2, 0) is 0 Å². The summed E-state index contributed by atoms with van der Waals surface area (Å²) >= 11 is 0. The molecule has 2 N–H and O–H groups in total. The fraction of sp³-hybridized carbons (Fsp3) is 0.385. The SMILES string of the molecule is CCN(C(=O)O)c1ccc(C)c(N(CC)C(=O)O)c1. The van der Waals surface area contributed by atoms with Gasteiger partial charge in [0, 0.05) is 18.8 Å². The molecule has 0 spiro atoms. The van der Waals surface area contributed by atoms with Gasteiger partial charge in [-0.25, -0.2) is 9.59 Å². The first kappa shape index (κ1) is 14.8. The Kier molecular flexibility index (Phi) is 4.74. The van der Waals surface area contributed by atoms with Crippen LogP contribution in [0.4, 0.5) is 21.0 Å². The Morgan fingerprint density at radius 2 is 1.58 bits per heavy atom. The summed E-state index contributed by atoms with van der Waals surface area (Å²) in [6, 6.07) is 4.98. The topological polar surface area (TPSA) is 81.1 Å². The van der Waals surface area contributed by atoms with E-state index < -0.39 is 12.2 Å². The molecule has 0 radical (unpaired) electrons. The first-order valence-electron chi connectivity index (χ1n) is 6.03. The summed E-state index contributed by atoms with van der Waals surface area (Å²) in [5, 5.41) is 18.2. The van der Waals surface area contributed by atoms with Crippen molar-refractivity contribution in [2.24, 2.45) is 0 Å². The van der Waals surface area contributed by atoms with Gasteiger partial charge in [-0.2, -0.15) is 0 Å². The summed E-state index contributed by atoms with van der Waals surface area (Å²) in [6.45, 7) is 5.86. The molecule has 0 aliphatic rings. The van der Waals surface area contributed by atoms with Gasteiger partial charge in [0.05, 0.1) is 5.69 Å². The van der Waals surface area contributed by atoms with Crippen molar-refractivity contribution in [2.45, 2.75) is 20.8 Å². The number of hydrogen-bond acceptors (Lipinski definition) is 2. The summed E-state index contributed by atoms with van der Waals surface area (Å²) in [4.78, 5) is 24.6.